The van der Waals surface area contributed by atoms with Crippen molar-refractivity contribution < 1.29 is 4.79 Å². The first-order chi connectivity index (χ1) is 8.17. The third-order valence-electron chi connectivity index (χ3n) is 3.13. The van der Waals surface area contributed by atoms with E-state index < -0.39 is 0 Å². The second-order valence-electron chi connectivity index (χ2n) is 4.75. The van der Waals surface area contributed by atoms with E-state index in [0.717, 1.165) is 32.4 Å². The van der Waals surface area contributed by atoms with Crippen LogP contribution in [-0.2, 0) is 4.79 Å². The highest BCUT2D eigenvalue weighted by atomic mass is 16.2. The molecular formula is C14H30N2O. The van der Waals surface area contributed by atoms with Crippen LogP contribution in [0, 0.1) is 0 Å². The number of rotatable bonds is 10. The molecule has 0 rings (SSSR count). The van der Waals surface area contributed by atoms with Gasteiger partial charge in [0.15, 0.2) is 0 Å². The minimum Gasteiger partial charge on any atom is -0.341 e. The van der Waals surface area contributed by atoms with Gasteiger partial charge in [0.1, 0.15) is 0 Å². The zero-order chi connectivity index (χ0) is 13.1. The van der Waals surface area contributed by atoms with Crippen LogP contribution in [-0.4, -0.2) is 29.9 Å². The number of hydrogen-bond donors (Lipinski definition) is 1. The maximum absolute atomic E-state index is 12.1. The highest BCUT2D eigenvalue weighted by Crippen LogP contribution is 2.05. The van der Waals surface area contributed by atoms with Crippen LogP contribution >= 0.6 is 0 Å². The van der Waals surface area contributed by atoms with Gasteiger partial charge in [0, 0.05) is 13.1 Å². The van der Waals surface area contributed by atoms with Crippen molar-refractivity contribution in [3.8, 4) is 0 Å². The molecule has 0 saturated carbocycles. The summed E-state index contributed by atoms with van der Waals surface area (Å²) in [6.07, 6.45) is 7.71. The molecule has 0 radical (unpaired) electrons. The molecule has 17 heavy (non-hydrogen) atoms. The molecule has 0 aromatic carbocycles. The Balaban J connectivity index is 4.12. The van der Waals surface area contributed by atoms with Crippen LogP contribution in [0.1, 0.15) is 65.7 Å². The van der Waals surface area contributed by atoms with Crippen molar-refractivity contribution in [3.63, 3.8) is 0 Å². The Bertz CT molecular complexity index is 185. The van der Waals surface area contributed by atoms with Gasteiger partial charge in [-0.25, -0.2) is 0 Å². The molecule has 0 aliphatic heterocycles. The Hall–Kier alpha value is -0.570. The quantitative estimate of drug-likeness (QED) is 0.599. The third-order valence-corrected chi connectivity index (χ3v) is 3.13. The fourth-order valence-corrected chi connectivity index (χ4v) is 1.85. The van der Waals surface area contributed by atoms with Gasteiger partial charge in [-0.1, -0.05) is 46.5 Å². The summed E-state index contributed by atoms with van der Waals surface area (Å²) in [6.45, 7) is 8.09. The van der Waals surface area contributed by atoms with Crippen LogP contribution in [0.25, 0.3) is 0 Å². The lowest BCUT2D eigenvalue weighted by Gasteiger charge is -2.25. The van der Waals surface area contributed by atoms with Gasteiger partial charge in [-0.15, -0.1) is 0 Å². The van der Waals surface area contributed by atoms with E-state index in [1.807, 2.05) is 11.8 Å². The lowest BCUT2D eigenvalue weighted by molar-refractivity contribution is -0.132. The van der Waals surface area contributed by atoms with Gasteiger partial charge in [0.05, 0.1) is 6.04 Å². The zero-order valence-corrected chi connectivity index (χ0v) is 11.9. The SMILES string of the molecule is CCCCCN(CCCCC)C(=O)[C@@H](N)CC. The summed E-state index contributed by atoms with van der Waals surface area (Å²) in [4.78, 5) is 14.0. The van der Waals surface area contributed by atoms with Crippen molar-refractivity contribution in [2.24, 2.45) is 5.73 Å². The van der Waals surface area contributed by atoms with Gasteiger partial charge in [-0.2, -0.15) is 0 Å². The van der Waals surface area contributed by atoms with E-state index >= 15 is 0 Å². The molecule has 0 fully saturated rings. The number of carbonyl (C=O) groups excluding carboxylic acids is 1. The summed E-state index contributed by atoms with van der Waals surface area (Å²) in [6, 6.07) is -0.307. The molecule has 102 valence electrons. The van der Waals surface area contributed by atoms with Crippen LogP contribution in [0.4, 0.5) is 0 Å². The van der Waals surface area contributed by atoms with Crippen LogP contribution in [0.2, 0.25) is 0 Å². The molecule has 1 atom stereocenters. The summed E-state index contributed by atoms with van der Waals surface area (Å²) in [5.74, 6) is 0.139. The molecule has 0 aliphatic carbocycles. The number of hydrogen-bond acceptors (Lipinski definition) is 2. The van der Waals surface area contributed by atoms with E-state index in [1.165, 1.54) is 25.7 Å². The Morgan fingerprint density at radius 2 is 1.47 bits per heavy atom. The lowest BCUT2D eigenvalue weighted by Crippen LogP contribution is -2.44. The predicted molar refractivity (Wildman–Crippen MR) is 73.9 cm³/mol. The van der Waals surface area contributed by atoms with E-state index in [4.69, 9.17) is 5.73 Å². The first kappa shape index (κ1) is 16.4. The van der Waals surface area contributed by atoms with Crippen molar-refractivity contribution in [3.05, 3.63) is 0 Å². The van der Waals surface area contributed by atoms with Gasteiger partial charge in [-0.05, 0) is 19.3 Å². The number of carbonyl (C=O) groups is 1. The number of nitrogens with zero attached hydrogens (tertiary/aromatic N) is 1. The van der Waals surface area contributed by atoms with Crippen LogP contribution < -0.4 is 5.73 Å². The molecule has 0 aromatic heterocycles. The number of nitrogens with two attached hydrogens (primary N) is 1. The second-order valence-corrected chi connectivity index (χ2v) is 4.75. The van der Waals surface area contributed by atoms with E-state index in [9.17, 15) is 4.79 Å². The molecule has 0 heterocycles. The van der Waals surface area contributed by atoms with Gasteiger partial charge >= 0.3 is 0 Å². The molecule has 3 nitrogen and oxygen atoms in total. The van der Waals surface area contributed by atoms with Crippen molar-refractivity contribution in [1.29, 1.82) is 0 Å². The van der Waals surface area contributed by atoms with E-state index in [-0.39, 0.29) is 11.9 Å². The molecule has 0 bridgehead atoms. The molecule has 2 N–H and O–H groups in total. The molecule has 1 amide bonds. The largest absolute Gasteiger partial charge is 0.341 e. The molecule has 0 aliphatic rings. The van der Waals surface area contributed by atoms with Gasteiger partial charge < -0.3 is 10.6 Å². The summed E-state index contributed by atoms with van der Waals surface area (Å²) >= 11 is 0. The molecule has 0 unspecified atom stereocenters. The van der Waals surface area contributed by atoms with E-state index in [0.29, 0.717) is 0 Å². The van der Waals surface area contributed by atoms with Crippen LogP contribution in [0.3, 0.4) is 0 Å². The minimum atomic E-state index is -0.307. The predicted octanol–water partition coefficient (Wildman–Crippen LogP) is 2.93. The fraction of sp³-hybridized carbons (Fsp3) is 0.929. The maximum Gasteiger partial charge on any atom is 0.239 e. The summed E-state index contributed by atoms with van der Waals surface area (Å²) in [5, 5.41) is 0. The Morgan fingerprint density at radius 3 is 1.82 bits per heavy atom. The lowest BCUT2D eigenvalue weighted by atomic mass is 10.1. The number of unbranched alkanes of at least 4 members (excludes halogenated alkanes) is 4. The third kappa shape index (κ3) is 7.37. The van der Waals surface area contributed by atoms with Gasteiger partial charge in [-0.3, -0.25) is 4.79 Å². The average Bonchev–Trinajstić information content (AvgIpc) is 2.35. The monoisotopic (exact) mass is 242 g/mol. The Kier molecular flexibility index (Phi) is 10.2. The molecule has 0 aromatic rings. The number of amides is 1. The van der Waals surface area contributed by atoms with Crippen LogP contribution in [0.15, 0.2) is 0 Å². The normalized spacial score (nSPS) is 12.5. The van der Waals surface area contributed by atoms with E-state index in [2.05, 4.69) is 13.8 Å². The Labute approximate surface area is 107 Å². The van der Waals surface area contributed by atoms with E-state index in [1.54, 1.807) is 0 Å². The zero-order valence-electron chi connectivity index (χ0n) is 11.9. The van der Waals surface area contributed by atoms with Gasteiger partial charge in [0.2, 0.25) is 5.91 Å². The smallest absolute Gasteiger partial charge is 0.239 e. The average molecular weight is 242 g/mol. The fourth-order valence-electron chi connectivity index (χ4n) is 1.85. The Morgan fingerprint density at radius 1 is 1.00 bits per heavy atom. The molecule has 0 spiro atoms. The molecule has 0 saturated heterocycles. The topological polar surface area (TPSA) is 46.3 Å². The first-order valence-corrected chi connectivity index (χ1v) is 7.21. The summed E-state index contributed by atoms with van der Waals surface area (Å²) < 4.78 is 0. The minimum absolute atomic E-state index is 0.139. The van der Waals surface area contributed by atoms with Crippen LogP contribution in [0.5, 0.6) is 0 Å². The van der Waals surface area contributed by atoms with Gasteiger partial charge in [0.25, 0.3) is 0 Å². The van der Waals surface area contributed by atoms with Crippen molar-refractivity contribution in [2.45, 2.75) is 71.8 Å². The highest BCUT2D eigenvalue weighted by Gasteiger charge is 2.18. The molecule has 3 heteroatoms. The highest BCUT2D eigenvalue weighted by molar-refractivity contribution is 5.81. The van der Waals surface area contributed by atoms with Crippen molar-refractivity contribution in [1.82, 2.24) is 4.90 Å². The van der Waals surface area contributed by atoms with Crippen molar-refractivity contribution in [2.75, 3.05) is 13.1 Å². The second kappa shape index (κ2) is 10.6. The maximum atomic E-state index is 12.1. The molecular weight excluding hydrogens is 212 g/mol. The standard InChI is InChI=1S/C14H30N2O/c1-4-7-9-11-16(12-10-8-5-2)14(17)13(15)6-3/h13H,4-12,15H2,1-3H3/t13-/m0/s1. The first-order valence-electron chi connectivity index (χ1n) is 7.21. The summed E-state index contributed by atoms with van der Waals surface area (Å²) in [5.41, 5.74) is 5.83. The van der Waals surface area contributed by atoms with Crippen molar-refractivity contribution >= 4 is 5.91 Å². The summed E-state index contributed by atoms with van der Waals surface area (Å²) in [7, 11) is 0.